The predicted molar refractivity (Wildman–Crippen MR) is 74.9 cm³/mol. The van der Waals surface area contributed by atoms with Gasteiger partial charge in [-0.05, 0) is 11.5 Å². The topological polar surface area (TPSA) is 63.1 Å². The molecule has 1 aromatic rings. The SMILES string of the molecule is CC(C)(C)/C(O)=C(/C(=O)c1ccncn1)C(C)(C)C. The first-order chi connectivity index (χ1) is 8.55. The summed E-state index contributed by atoms with van der Waals surface area (Å²) in [6.45, 7) is 11.3. The average Bonchev–Trinajstić information content (AvgIpc) is 2.27. The first-order valence-electron chi connectivity index (χ1n) is 6.30. The van der Waals surface area contributed by atoms with Crippen molar-refractivity contribution in [1.29, 1.82) is 0 Å². The Hall–Kier alpha value is -1.71. The fraction of sp³-hybridized carbons (Fsp3) is 0.533. The Morgan fingerprint density at radius 3 is 2.05 bits per heavy atom. The molecule has 1 N–H and O–H groups in total. The molecule has 0 aliphatic rings. The summed E-state index contributed by atoms with van der Waals surface area (Å²) >= 11 is 0. The van der Waals surface area contributed by atoms with Gasteiger partial charge in [0.25, 0.3) is 0 Å². The third kappa shape index (κ3) is 3.63. The van der Waals surface area contributed by atoms with Gasteiger partial charge in [0.1, 0.15) is 17.8 Å². The van der Waals surface area contributed by atoms with Crippen molar-refractivity contribution in [2.75, 3.05) is 0 Å². The lowest BCUT2D eigenvalue weighted by Crippen LogP contribution is -2.25. The van der Waals surface area contributed by atoms with Crippen LogP contribution >= 0.6 is 0 Å². The molecule has 1 rings (SSSR count). The molecule has 0 aliphatic carbocycles. The molecule has 0 radical (unpaired) electrons. The molecule has 0 aromatic carbocycles. The second-order valence-corrected chi connectivity index (χ2v) is 6.65. The summed E-state index contributed by atoms with van der Waals surface area (Å²) < 4.78 is 0. The molecule has 0 fully saturated rings. The van der Waals surface area contributed by atoms with Crippen molar-refractivity contribution >= 4 is 5.78 Å². The lowest BCUT2D eigenvalue weighted by atomic mass is 9.77. The fourth-order valence-electron chi connectivity index (χ4n) is 1.73. The minimum atomic E-state index is -0.481. The van der Waals surface area contributed by atoms with Gasteiger partial charge in [-0.15, -0.1) is 0 Å². The average molecular weight is 262 g/mol. The number of carbonyl (C=O) groups excluding carboxylic acids is 1. The highest BCUT2D eigenvalue weighted by Gasteiger charge is 2.33. The zero-order chi connectivity index (χ0) is 14.8. The zero-order valence-electron chi connectivity index (χ0n) is 12.5. The molecule has 0 atom stereocenters. The summed E-state index contributed by atoms with van der Waals surface area (Å²) in [5.41, 5.74) is -0.237. The van der Waals surface area contributed by atoms with Crippen LogP contribution in [-0.4, -0.2) is 20.9 Å². The van der Waals surface area contributed by atoms with Crippen molar-refractivity contribution in [3.8, 4) is 0 Å². The molecular formula is C15H22N2O2. The predicted octanol–water partition coefficient (Wildman–Crippen LogP) is 3.56. The molecule has 0 amide bonds. The Balaban J connectivity index is 3.41. The van der Waals surface area contributed by atoms with Crippen molar-refractivity contribution in [2.45, 2.75) is 41.5 Å². The Labute approximate surface area is 114 Å². The highest BCUT2D eigenvalue weighted by molar-refractivity contribution is 6.08. The minimum Gasteiger partial charge on any atom is -0.511 e. The third-order valence-corrected chi connectivity index (χ3v) is 2.74. The number of nitrogens with zero attached hydrogens (tertiary/aromatic N) is 2. The molecule has 1 heterocycles. The lowest BCUT2D eigenvalue weighted by Gasteiger charge is -2.28. The van der Waals surface area contributed by atoms with Crippen LogP contribution in [0.5, 0.6) is 0 Å². The van der Waals surface area contributed by atoms with Crippen LogP contribution in [0.25, 0.3) is 0 Å². The molecule has 0 saturated heterocycles. The van der Waals surface area contributed by atoms with Crippen molar-refractivity contribution in [2.24, 2.45) is 10.8 Å². The normalized spacial score (nSPS) is 14.0. The van der Waals surface area contributed by atoms with Crippen molar-refractivity contribution in [3.05, 3.63) is 35.6 Å². The van der Waals surface area contributed by atoms with Gasteiger partial charge in [0.2, 0.25) is 5.78 Å². The van der Waals surface area contributed by atoms with Crippen LogP contribution in [0.1, 0.15) is 52.0 Å². The number of ketones is 1. The second-order valence-electron chi connectivity index (χ2n) is 6.65. The van der Waals surface area contributed by atoms with Crippen molar-refractivity contribution in [1.82, 2.24) is 9.97 Å². The highest BCUT2D eigenvalue weighted by Crippen LogP contribution is 2.36. The largest absolute Gasteiger partial charge is 0.511 e. The molecule has 19 heavy (non-hydrogen) atoms. The quantitative estimate of drug-likeness (QED) is 0.503. The van der Waals surface area contributed by atoms with Gasteiger partial charge in [-0.1, -0.05) is 41.5 Å². The van der Waals surface area contributed by atoms with Gasteiger partial charge < -0.3 is 5.11 Å². The van der Waals surface area contributed by atoms with Crippen LogP contribution in [0.2, 0.25) is 0 Å². The van der Waals surface area contributed by atoms with Crippen molar-refractivity contribution < 1.29 is 9.90 Å². The standard InChI is InChI=1S/C15H22N2O2/c1-14(2,3)11(13(19)15(4,5)6)12(18)10-7-8-16-9-17-10/h7-9,19H,1-6H3/b13-11+. The van der Waals surface area contributed by atoms with E-state index in [1.807, 2.05) is 41.5 Å². The summed E-state index contributed by atoms with van der Waals surface area (Å²) in [6, 6.07) is 1.56. The molecular weight excluding hydrogens is 240 g/mol. The van der Waals surface area contributed by atoms with Crippen LogP contribution in [0.3, 0.4) is 0 Å². The highest BCUT2D eigenvalue weighted by atomic mass is 16.3. The maximum absolute atomic E-state index is 12.6. The van der Waals surface area contributed by atoms with Gasteiger partial charge in [0.05, 0.1) is 0 Å². The zero-order valence-corrected chi connectivity index (χ0v) is 12.5. The molecule has 0 aliphatic heterocycles. The Bertz CT molecular complexity index is 491. The number of aromatic nitrogens is 2. The van der Waals surface area contributed by atoms with E-state index in [9.17, 15) is 9.90 Å². The molecule has 104 valence electrons. The Morgan fingerprint density at radius 2 is 1.68 bits per heavy atom. The van der Waals surface area contributed by atoms with Gasteiger partial charge in [0, 0.05) is 17.2 Å². The number of carbonyl (C=O) groups is 1. The Morgan fingerprint density at radius 1 is 1.11 bits per heavy atom. The first-order valence-corrected chi connectivity index (χ1v) is 6.30. The van der Waals surface area contributed by atoms with Crippen LogP contribution in [0.15, 0.2) is 29.9 Å². The molecule has 0 saturated carbocycles. The van der Waals surface area contributed by atoms with Crippen LogP contribution in [-0.2, 0) is 0 Å². The first kappa shape index (κ1) is 15.3. The maximum Gasteiger partial charge on any atom is 0.211 e. The van der Waals surface area contributed by atoms with Gasteiger partial charge in [-0.25, -0.2) is 9.97 Å². The van der Waals surface area contributed by atoms with E-state index in [0.29, 0.717) is 11.3 Å². The maximum atomic E-state index is 12.6. The molecule has 4 nitrogen and oxygen atoms in total. The van der Waals surface area contributed by atoms with E-state index >= 15 is 0 Å². The molecule has 4 heteroatoms. The molecule has 0 bridgehead atoms. The second kappa shape index (κ2) is 5.11. The van der Waals surface area contributed by atoms with E-state index in [0.717, 1.165) is 0 Å². The number of Topliss-reactive ketones (excluding diaryl/α,β-unsaturated/α-hetero) is 1. The Kier molecular flexibility index (Phi) is 4.13. The van der Waals surface area contributed by atoms with Gasteiger partial charge >= 0.3 is 0 Å². The van der Waals surface area contributed by atoms with Gasteiger partial charge in [-0.3, -0.25) is 4.79 Å². The third-order valence-electron chi connectivity index (χ3n) is 2.74. The van der Waals surface area contributed by atoms with E-state index in [1.165, 1.54) is 12.5 Å². The monoisotopic (exact) mass is 262 g/mol. The molecule has 0 spiro atoms. The van der Waals surface area contributed by atoms with E-state index in [1.54, 1.807) is 6.07 Å². The summed E-state index contributed by atoms with van der Waals surface area (Å²) in [5, 5.41) is 10.4. The van der Waals surface area contributed by atoms with Gasteiger partial charge in [-0.2, -0.15) is 0 Å². The van der Waals surface area contributed by atoms with E-state index in [4.69, 9.17) is 0 Å². The lowest BCUT2D eigenvalue weighted by molar-refractivity contribution is 0.0988. The summed E-state index contributed by atoms with van der Waals surface area (Å²) in [5.74, 6) is -0.133. The van der Waals surface area contributed by atoms with E-state index in [2.05, 4.69) is 9.97 Å². The van der Waals surface area contributed by atoms with Crippen LogP contribution in [0, 0.1) is 10.8 Å². The van der Waals surface area contributed by atoms with E-state index < -0.39 is 10.8 Å². The smallest absolute Gasteiger partial charge is 0.211 e. The van der Waals surface area contributed by atoms with Crippen LogP contribution in [0.4, 0.5) is 0 Å². The number of rotatable bonds is 2. The number of allylic oxidation sites excluding steroid dienone is 2. The summed E-state index contributed by atoms with van der Waals surface area (Å²) in [7, 11) is 0. The van der Waals surface area contributed by atoms with Crippen molar-refractivity contribution in [3.63, 3.8) is 0 Å². The number of aliphatic hydroxyl groups excluding tert-OH is 1. The summed E-state index contributed by atoms with van der Waals surface area (Å²) in [4.78, 5) is 20.3. The van der Waals surface area contributed by atoms with Crippen LogP contribution < -0.4 is 0 Å². The molecule has 1 aromatic heterocycles. The molecule has 0 unspecified atom stereocenters. The summed E-state index contributed by atoms with van der Waals surface area (Å²) in [6.07, 6.45) is 2.86. The fourth-order valence-corrected chi connectivity index (χ4v) is 1.73. The number of hydrogen-bond donors (Lipinski definition) is 1. The van der Waals surface area contributed by atoms with Gasteiger partial charge in [0.15, 0.2) is 0 Å². The number of aliphatic hydroxyl groups is 1. The number of hydrogen-bond acceptors (Lipinski definition) is 4. The van der Waals surface area contributed by atoms with E-state index in [-0.39, 0.29) is 11.5 Å². The minimum absolute atomic E-state index is 0.114.